The summed E-state index contributed by atoms with van der Waals surface area (Å²) in [7, 11) is 0. The number of esters is 1. The summed E-state index contributed by atoms with van der Waals surface area (Å²) >= 11 is 0. The van der Waals surface area contributed by atoms with Crippen LogP contribution in [0.4, 0.5) is 5.69 Å². The largest absolute Gasteiger partial charge is 0.465 e. The smallest absolute Gasteiger partial charge is 0.315 e. The van der Waals surface area contributed by atoms with Crippen molar-refractivity contribution in [1.82, 2.24) is 0 Å². The molecule has 1 aliphatic rings. The molecule has 0 fully saturated rings. The molecule has 1 N–H and O–H groups in total. The SMILES string of the molecule is O=C(OCCCc1ccccc1)C1CNc2ccccc21. The summed E-state index contributed by atoms with van der Waals surface area (Å²) in [6.07, 6.45) is 1.80. The quantitative estimate of drug-likeness (QED) is 0.674. The molecule has 21 heavy (non-hydrogen) atoms. The highest BCUT2D eigenvalue weighted by molar-refractivity contribution is 5.83. The molecule has 0 saturated heterocycles. The first-order valence-electron chi connectivity index (χ1n) is 7.38. The number of aryl methyl sites for hydroxylation is 1. The van der Waals surface area contributed by atoms with Crippen molar-refractivity contribution in [2.75, 3.05) is 18.5 Å². The van der Waals surface area contributed by atoms with E-state index in [-0.39, 0.29) is 11.9 Å². The molecule has 2 aromatic carbocycles. The Morgan fingerprint density at radius 1 is 1.10 bits per heavy atom. The zero-order valence-corrected chi connectivity index (χ0v) is 11.9. The summed E-state index contributed by atoms with van der Waals surface area (Å²) < 4.78 is 5.43. The summed E-state index contributed by atoms with van der Waals surface area (Å²) in [5.74, 6) is -0.293. The minimum absolute atomic E-state index is 0.125. The van der Waals surface area contributed by atoms with Crippen molar-refractivity contribution in [2.24, 2.45) is 0 Å². The Bertz CT molecular complexity index is 610. The molecule has 0 bridgehead atoms. The zero-order chi connectivity index (χ0) is 14.5. The van der Waals surface area contributed by atoms with Crippen LogP contribution < -0.4 is 5.32 Å². The van der Waals surface area contributed by atoms with E-state index >= 15 is 0 Å². The maximum atomic E-state index is 12.2. The van der Waals surface area contributed by atoms with Crippen LogP contribution in [0.25, 0.3) is 0 Å². The van der Waals surface area contributed by atoms with Gasteiger partial charge < -0.3 is 10.1 Å². The fourth-order valence-electron chi connectivity index (χ4n) is 2.69. The van der Waals surface area contributed by atoms with E-state index < -0.39 is 0 Å². The summed E-state index contributed by atoms with van der Waals surface area (Å²) in [5.41, 5.74) is 3.37. The average molecular weight is 281 g/mol. The van der Waals surface area contributed by atoms with Crippen molar-refractivity contribution >= 4 is 11.7 Å². The van der Waals surface area contributed by atoms with E-state index in [9.17, 15) is 4.79 Å². The Kier molecular flexibility index (Phi) is 4.20. The van der Waals surface area contributed by atoms with Gasteiger partial charge in [-0.25, -0.2) is 0 Å². The van der Waals surface area contributed by atoms with Crippen LogP contribution in [0.5, 0.6) is 0 Å². The number of nitrogens with one attached hydrogen (secondary N) is 1. The molecule has 1 unspecified atom stereocenters. The number of fused-ring (bicyclic) bond motifs is 1. The van der Waals surface area contributed by atoms with Gasteiger partial charge in [0.15, 0.2) is 0 Å². The van der Waals surface area contributed by atoms with Crippen molar-refractivity contribution in [1.29, 1.82) is 0 Å². The van der Waals surface area contributed by atoms with Crippen LogP contribution in [0.2, 0.25) is 0 Å². The third-order valence-electron chi connectivity index (χ3n) is 3.81. The molecule has 0 aromatic heterocycles. The summed E-state index contributed by atoms with van der Waals surface area (Å²) in [6.45, 7) is 1.11. The van der Waals surface area contributed by atoms with Crippen LogP contribution in [0.1, 0.15) is 23.5 Å². The number of carbonyl (C=O) groups is 1. The molecule has 0 amide bonds. The first kappa shape index (κ1) is 13.7. The predicted octanol–water partition coefficient (Wildman–Crippen LogP) is 3.37. The van der Waals surface area contributed by atoms with E-state index in [0.29, 0.717) is 13.2 Å². The highest BCUT2D eigenvalue weighted by Gasteiger charge is 2.29. The second kappa shape index (κ2) is 6.44. The number of hydrogen-bond acceptors (Lipinski definition) is 3. The molecule has 0 spiro atoms. The molecule has 1 atom stereocenters. The van der Waals surface area contributed by atoms with Crippen molar-refractivity contribution in [3.8, 4) is 0 Å². The standard InChI is InChI=1S/C18H19NO2/c20-18(16-13-19-17-11-5-4-10-15(16)17)21-12-6-9-14-7-2-1-3-8-14/h1-5,7-8,10-11,16,19H,6,9,12-13H2. The summed E-state index contributed by atoms with van der Waals surface area (Å²) in [4.78, 5) is 12.2. The average Bonchev–Trinajstić information content (AvgIpc) is 2.96. The van der Waals surface area contributed by atoms with E-state index in [1.54, 1.807) is 0 Å². The highest BCUT2D eigenvalue weighted by Crippen LogP contribution is 2.31. The van der Waals surface area contributed by atoms with Crippen molar-refractivity contribution in [3.63, 3.8) is 0 Å². The Labute approximate surface area is 124 Å². The van der Waals surface area contributed by atoms with E-state index in [1.807, 2.05) is 42.5 Å². The number of hydrogen-bond donors (Lipinski definition) is 1. The minimum Gasteiger partial charge on any atom is -0.465 e. The van der Waals surface area contributed by atoms with Crippen molar-refractivity contribution < 1.29 is 9.53 Å². The van der Waals surface area contributed by atoms with Crippen LogP contribution in [-0.2, 0) is 16.0 Å². The van der Waals surface area contributed by atoms with Gasteiger partial charge in [0.25, 0.3) is 0 Å². The van der Waals surface area contributed by atoms with Gasteiger partial charge in [0.2, 0.25) is 0 Å². The fraction of sp³-hybridized carbons (Fsp3) is 0.278. The number of benzene rings is 2. The fourth-order valence-corrected chi connectivity index (χ4v) is 2.69. The predicted molar refractivity (Wildman–Crippen MR) is 83.4 cm³/mol. The van der Waals surface area contributed by atoms with Gasteiger partial charge in [0.1, 0.15) is 5.92 Å². The Hall–Kier alpha value is -2.29. The van der Waals surface area contributed by atoms with E-state index in [0.717, 1.165) is 24.1 Å². The maximum Gasteiger partial charge on any atom is 0.315 e. The van der Waals surface area contributed by atoms with E-state index in [4.69, 9.17) is 4.74 Å². The van der Waals surface area contributed by atoms with Crippen LogP contribution >= 0.6 is 0 Å². The summed E-state index contributed by atoms with van der Waals surface area (Å²) in [6, 6.07) is 18.2. The van der Waals surface area contributed by atoms with E-state index in [1.165, 1.54) is 5.56 Å². The third kappa shape index (κ3) is 3.24. The molecular formula is C18H19NO2. The third-order valence-corrected chi connectivity index (χ3v) is 3.81. The lowest BCUT2D eigenvalue weighted by Gasteiger charge is -2.10. The molecule has 1 heterocycles. The normalized spacial score (nSPS) is 16.1. The summed E-state index contributed by atoms with van der Waals surface area (Å²) in [5, 5.41) is 3.25. The van der Waals surface area contributed by atoms with Gasteiger partial charge in [-0.15, -0.1) is 0 Å². The molecular weight excluding hydrogens is 262 g/mol. The second-order valence-electron chi connectivity index (χ2n) is 5.28. The van der Waals surface area contributed by atoms with E-state index in [2.05, 4.69) is 17.4 Å². The van der Waals surface area contributed by atoms with Gasteiger partial charge in [-0.05, 0) is 30.0 Å². The van der Waals surface area contributed by atoms with Crippen LogP contribution in [0, 0.1) is 0 Å². The molecule has 108 valence electrons. The lowest BCUT2D eigenvalue weighted by molar-refractivity contribution is -0.145. The van der Waals surface area contributed by atoms with Crippen molar-refractivity contribution in [3.05, 3.63) is 65.7 Å². The highest BCUT2D eigenvalue weighted by atomic mass is 16.5. The first-order chi connectivity index (χ1) is 10.3. The van der Waals surface area contributed by atoms with Gasteiger partial charge >= 0.3 is 5.97 Å². The molecule has 2 aromatic rings. The lowest BCUT2D eigenvalue weighted by Crippen LogP contribution is -2.18. The maximum absolute atomic E-state index is 12.2. The molecule has 0 aliphatic carbocycles. The zero-order valence-electron chi connectivity index (χ0n) is 11.9. The number of para-hydroxylation sites is 1. The van der Waals surface area contributed by atoms with Gasteiger partial charge in [-0.1, -0.05) is 48.5 Å². The van der Waals surface area contributed by atoms with Crippen LogP contribution in [0.3, 0.4) is 0 Å². The van der Waals surface area contributed by atoms with Gasteiger partial charge in [0, 0.05) is 12.2 Å². The van der Waals surface area contributed by atoms with Gasteiger partial charge in [-0.2, -0.15) is 0 Å². The molecule has 3 heteroatoms. The van der Waals surface area contributed by atoms with Gasteiger partial charge in [0.05, 0.1) is 6.61 Å². The molecule has 0 radical (unpaired) electrons. The Morgan fingerprint density at radius 3 is 2.71 bits per heavy atom. The number of anilines is 1. The Balaban J connectivity index is 1.47. The second-order valence-corrected chi connectivity index (χ2v) is 5.28. The van der Waals surface area contributed by atoms with Gasteiger partial charge in [-0.3, -0.25) is 4.79 Å². The number of carbonyl (C=O) groups excluding carboxylic acids is 1. The number of ether oxygens (including phenoxy) is 1. The lowest BCUT2D eigenvalue weighted by atomic mass is 10.0. The monoisotopic (exact) mass is 281 g/mol. The minimum atomic E-state index is -0.169. The first-order valence-corrected chi connectivity index (χ1v) is 7.38. The molecule has 3 nitrogen and oxygen atoms in total. The molecule has 1 aliphatic heterocycles. The topological polar surface area (TPSA) is 38.3 Å². The van der Waals surface area contributed by atoms with Crippen LogP contribution in [-0.4, -0.2) is 19.1 Å². The Morgan fingerprint density at radius 2 is 1.86 bits per heavy atom. The van der Waals surface area contributed by atoms with Crippen molar-refractivity contribution in [2.45, 2.75) is 18.8 Å². The van der Waals surface area contributed by atoms with Crippen LogP contribution in [0.15, 0.2) is 54.6 Å². The molecule has 0 saturated carbocycles. The molecule has 3 rings (SSSR count). The number of rotatable bonds is 5.